The van der Waals surface area contributed by atoms with E-state index in [1.165, 1.54) is 0 Å². The van der Waals surface area contributed by atoms with Gasteiger partial charge in [-0.25, -0.2) is 9.97 Å². The van der Waals surface area contributed by atoms with Crippen LogP contribution in [0.5, 0.6) is 23.0 Å². The number of ether oxygens (including phenoxy) is 4. The summed E-state index contributed by atoms with van der Waals surface area (Å²) < 4.78 is 49.1. The van der Waals surface area contributed by atoms with Crippen LogP contribution in [0.2, 0.25) is 0 Å². The molecule has 12 nitrogen and oxygen atoms in total. The van der Waals surface area contributed by atoms with Crippen LogP contribution in [0.15, 0.2) is 59.1 Å². The van der Waals surface area contributed by atoms with E-state index in [-0.39, 0.29) is 11.5 Å². The number of pyridine rings is 2. The van der Waals surface area contributed by atoms with E-state index >= 15 is 0 Å². The van der Waals surface area contributed by atoms with Gasteiger partial charge in [0.25, 0.3) is 0 Å². The van der Waals surface area contributed by atoms with E-state index in [0.717, 1.165) is 33.8 Å². The monoisotopic (exact) mass is 688 g/mol. The normalized spacial score (nSPS) is 12.7. The Morgan fingerprint density at radius 2 is 1.06 bits per heavy atom. The number of benzene rings is 2. The van der Waals surface area contributed by atoms with Crippen molar-refractivity contribution in [1.29, 1.82) is 0 Å². The van der Waals surface area contributed by atoms with Crippen LogP contribution >= 0.6 is 0 Å². The van der Waals surface area contributed by atoms with Gasteiger partial charge in [0.05, 0.1) is 80.8 Å². The van der Waals surface area contributed by atoms with E-state index < -0.39 is 21.6 Å². The molecular weight excluding hydrogens is 653 g/mol. The van der Waals surface area contributed by atoms with Crippen molar-refractivity contribution >= 4 is 43.7 Å². The number of rotatable bonds is 13. The molecule has 250 valence electrons. The van der Waals surface area contributed by atoms with Gasteiger partial charge in [0.15, 0.2) is 10.3 Å². The zero-order valence-electron chi connectivity index (χ0n) is 27.5. The smallest absolute Gasteiger partial charge is 0.197 e. The Balaban J connectivity index is 1.04. The average molecular weight is 689 g/mol. The Bertz CT molecular complexity index is 2030. The molecule has 0 amide bonds. The largest absolute Gasteiger partial charge is 0.496 e. The molecule has 0 saturated carbocycles. The number of aromatic amines is 2. The fourth-order valence-electron chi connectivity index (χ4n) is 5.46. The SMILES string of the molecule is COc1c(C)cnc(CS(=O)c2nc3ccc(OCCOc4ccc5nc(S(=O)Cc6ncc(C)c(OC)c6C)[nH]c5c4)cc3[nH]2)c1C. The first-order valence-electron chi connectivity index (χ1n) is 15.1. The molecule has 0 radical (unpaired) electrons. The van der Waals surface area contributed by atoms with Crippen molar-refractivity contribution in [2.24, 2.45) is 0 Å². The molecule has 4 aromatic heterocycles. The van der Waals surface area contributed by atoms with Crippen LogP contribution in [0, 0.1) is 27.7 Å². The Morgan fingerprint density at radius 1 is 0.646 bits per heavy atom. The van der Waals surface area contributed by atoms with Gasteiger partial charge in [-0.2, -0.15) is 0 Å². The fraction of sp³-hybridized carbons (Fsp3) is 0.294. The van der Waals surface area contributed by atoms with Gasteiger partial charge in [-0.3, -0.25) is 18.4 Å². The molecule has 6 aromatic rings. The maximum atomic E-state index is 13.1. The third kappa shape index (κ3) is 6.90. The van der Waals surface area contributed by atoms with Crippen molar-refractivity contribution in [1.82, 2.24) is 29.9 Å². The number of aryl methyl sites for hydroxylation is 2. The predicted octanol–water partition coefficient (Wildman–Crippen LogP) is 5.55. The lowest BCUT2D eigenvalue weighted by Crippen LogP contribution is -2.08. The summed E-state index contributed by atoms with van der Waals surface area (Å²) >= 11 is 0. The summed E-state index contributed by atoms with van der Waals surface area (Å²) in [6, 6.07) is 10.9. The number of fused-ring (bicyclic) bond motifs is 2. The highest BCUT2D eigenvalue weighted by Crippen LogP contribution is 2.28. The van der Waals surface area contributed by atoms with E-state index in [1.807, 2.05) is 64.1 Å². The second-order valence-electron chi connectivity index (χ2n) is 11.2. The molecule has 0 aliphatic carbocycles. The Labute approximate surface area is 282 Å². The topological polar surface area (TPSA) is 154 Å². The first-order valence-corrected chi connectivity index (χ1v) is 17.8. The van der Waals surface area contributed by atoms with Crippen LogP contribution < -0.4 is 18.9 Å². The standard InChI is InChI=1S/C34H36N6O6S2/c1-19-15-35-29(21(3)31(19)43-5)17-47(41)33-37-25-9-7-23(13-27(25)39-33)45-11-12-46-24-8-10-26-28(14-24)40-34(38-26)48(42)18-30-22(4)32(44-6)20(2)16-36-30/h7-10,13-16H,11-12,17-18H2,1-6H3,(H,37,39)(H,38,40). The number of methoxy groups -OCH3 is 2. The summed E-state index contributed by atoms with van der Waals surface area (Å²) in [4.78, 5) is 24.3. The van der Waals surface area contributed by atoms with Crippen molar-refractivity contribution in [3.8, 4) is 23.0 Å². The predicted molar refractivity (Wildman–Crippen MR) is 184 cm³/mol. The van der Waals surface area contributed by atoms with Crippen molar-refractivity contribution < 1.29 is 27.4 Å². The highest BCUT2D eigenvalue weighted by molar-refractivity contribution is 7.84. The van der Waals surface area contributed by atoms with Gasteiger partial charge in [-0.05, 0) is 52.0 Å². The third-order valence-electron chi connectivity index (χ3n) is 7.95. The lowest BCUT2D eigenvalue weighted by Gasteiger charge is -2.11. The Kier molecular flexibility index (Phi) is 9.73. The van der Waals surface area contributed by atoms with Gasteiger partial charge < -0.3 is 28.9 Å². The van der Waals surface area contributed by atoms with Gasteiger partial charge in [0.2, 0.25) is 0 Å². The summed E-state index contributed by atoms with van der Waals surface area (Å²) in [5.74, 6) is 3.18. The number of nitrogens with one attached hydrogen (secondary N) is 2. The summed E-state index contributed by atoms with van der Waals surface area (Å²) in [6.07, 6.45) is 3.45. The minimum Gasteiger partial charge on any atom is -0.496 e. The summed E-state index contributed by atoms with van der Waals surface area (Å²) in [6.45, 7) is 8.27. The summed E-state index contributed by atoms with van der Waals surface area (Å²) in [5.41, 5.74) is 7.81. The molecule has 2 N–H and O–H groups in total. The molecule has 48 heavy (non-hydrogen) atoms. The number of imidazole rings is 2. The number of nitrogens with zero attached hydrogens (tertiary/aromatic N) is 4. The molecule has 2 aromatic carbocycles. The van der Waals surface area contributed by atoms with E-state index in [0.29, 0.717) is 68.5 Å². The van der Waals surface area contributed by atoms with Crippen molar-refractivity contribution in [2.75, 3.05) is 27.4 Å². The van der Waals surface area contributed by atoms with Crippen LogP contribution in [0.4, 0.5) is 0 Å². The van der Waals surface area contributed by atoms with Gasteiger partial charge in [0, 0.05) is 46.8 Å². The second-order valence-corrected chi connectivity index (χ2v) is 13.9. The summed E-state index contributed by atoms with van der Waals surface area (Å²) in [7, 11) is 0.377. The highest BCUT2D eigenvalue weighted by atomic mass is 32.2. The van der Waals surface area contributed by atoms with Crippen molar-refractivity contribution in [3.63, 3.8) is 0 Å². The van der Waals surface area contributed by atoms with Gasteiger partial charge in [-0.1, -0.05) is 0 Å². The van der Waals surface area contributed by atoms with Crippen molar-refractivity contribution in [3.05, 3.63) is 82.4 Å². The molecule has 6 rings (SSSR count). The average Bonchev–Trinajstić information content (AvgIpc) is 3.70. The zero-order chi connectivity index (χ0) is 33.9. The molecule has 0 saturated heterocycles. The quantitative estimate of drug-likeness (QED) is 0.148. The molecule has 0 spiro atoms. The van der Waals surface area contributed by atoms with Gasteiger partial charge in [-0.15, -0.1) is 0 Å². The molecule has 0 bridgehead atoms. The minimum absolute atomic E-state index is 0.215. The fourth-order valence-corrected chi connectivity index (χ4v) is 7.66. The lowest BCUT2D eigenvalue weighted by atomic mass is 10.1. The first-order chi connectivity index (χ1) is 23.1. The van der Waals surface area contributed by atoms with E-state index in [2.05, 4.69) is 29.9 Å². The first kappa shape index (κ1) is 33.1. The molecule has 0 aliphatic heterocycles. The molecule has 0 fully saturated rings. The Hall–Kier alpha value is -4.82. The molecule has 2 unspecified atom stereocenters. The minimum atomic E-state index is -1.43. The van der Waals surface area contributed by atoms with E-state index in [4.69, 9.17) is 18.9 Å². The van der Waals surface area contributed by atoms with Gasteiger partial charge in [0.1, 0.15) is 36.2 Å². The highest BCUT2D eigenvalue weighted by Gasteiger charge is 2.18. The van der Waals surface area contributed by atoms with Crippen molar-refractivity contribution in [2.45, 2.75) is 49.5 Å². The summed E-state index contributed by atoms with van der Waals surface area (Å²) in [5, 5.41) is 0.740. The Morgan fingerprint density at radius 3 is 1.46 bits per heavy atom. The molecule has 4 heterocycles. The molecule has 0 aliphatic rings. The molecule has 2 atom stereocenters. The molecule has 14 heteroatoms. The lowest BCUT2D eigenvalue weighted by molar-refractivity contribution is 0.217. The number of hydrogen-bond donors (Lipinski definition) is 2. The van der Waals surface area contributed by atoms with Crippen LogP contribution in [0.3, 0.4) is 0 Å². The third-order valence-corrected chi connectivity index (χ3v) is 10.3. The van der Waals surface area contributed by atoms with Gasteiger partial charge >= 0.3 is 0 Å². The second kappa shape index (κ2) is 14.1. The maximum Gasteiger partial charge on any atom is 0.197 e. The zero-order valence-corrected chi connectivity index (χ0v) is 29.1. The number of aromatic nitrogens is 6. The number of hydrogen-bond acceptors (Lipinski definition) is 10. The van der Waals surface area contributed by atoms with Crippen LogP contribution in [0.1, 0.15) is 33.6 Å². The molecular formula is C34H36N6O6S2. The van der Waals surface area contributed by atoms with Crippen LogP contribution in [-0.4, -0.2) is 65.8 Å². The van der Waals surface area contributed by atoms with Crippen LogP contribution in [-0.2, 0) is 33.1 Å². The van der Waals surface area contributed by atoms with E-state index in [9.17, 15) is 8.42 Å². The van der Waals surface area contributed by atoms with Crippen LogP contribution in [0.25, 0.3) is 22.1 Å². The van der Waals surface area contributed by atoms with E-state index in [1.54, 1.807) is 26.6 Å². The maximum absolute atomic E-state index is 13.1. The number of H-pyrrole nitrogens is 2.